The summed E-state index contributed by atoms with van der Waals surface area (Å²) in [4.78, 5) is 8.52. The molecule has 140 valence electrons. The Morgan fingerprint density at radius 1 is 1.00 bits per heavy atom. The lowest BCUT2D eigenvalue weighted by atomic mass is 9.98. The van der Waals surface area contributed by atoms with Gasteiger partial charge in [-0.2, -0.15) is 0 Å². The van der Waals surface area contributed by atoms with Gasteiger partial charge in [0.05, 0.1) is 10.9 Å². The molecule has 2 aromatic carbocycles. The lowest BCUT2D eigenvalue weighted by Gasteiger charge is -2.20. The van der Waals surface area contributed by atoms with Crippen LogP contribution >= 0.6 is 0 Å². The van der Waals surface area contributed by atoms with Crippen LogP contribution in [0.5, 0.6) is 0 Å². The number of anilines is 1. The second-order valence-electron chi connectivity index (χ2n) is 6.12. The molecule has 1 atom stereocenters. The summed E-state index contributed by atoms with van der Waals surface area (Å²) in [6, 6.07) is 10.8. The van der Waals surface area contributed by atoms with Gasteiger partial charge in [0.15, 0.2) is 21.5 Å². The fraction of sp³-hybridized carbons (Fsp3) is 0.158. The number of aromatic nitrogens is 2. The smallest absolute Gasteiger partial charge is 0.223 e. The van der Waals surface area contributed by atoms with Crippen molar-refractivity contribution in [1.29, 1.82) is 0 Å². The second kappa shape index (κ2) is 7.40. The van der Waals surface area contributed by atoms with Gasteiger partial charge in [0.2, 0.25) is 5.95 Å². The van der Waals surface area contributed by atoms with Crippen molar-refractivity contribution in [2.75, 3.05) is 11.6 Å². The minimum atomic E-state index is -3.43. The maximum absolute atomic E-state index is 13.8. The molecule has 3 aromatic rings. The van der Waals surface area contributed by atoms with Crippen LogP contribution < -0.4 is 5.32 Å². The van der Waals surface area contributed by atoms with Crippen molar-refractivity contribution in [2.45, 2.75) is 17.9 Å². The van der Waals surface area contributed by atoms with Crippen LogP contribution in [0.25, 0.3) is 0 Å². The second-order valence-corrected chi connectivity index (χ2v) is 8.13. The summed E-state index contributed by atoms with van der Waals surface area (Å²) in [5.74, 6) is -1.67. The standard InChI is InChI=1S/C19H17F2N3O2S/c1-12-8-9-22-19(23-12)24-18(14-6-7-16(20)17(21)11-14)13-4-3-5-15(10-13)27(2,25)26/h3-11,18H,1-2H3,(H,22,23,24). The Morgan fingerprint density at radius 3 is 2.41 bits per heavy atom. The molecule has 0 amide bonds. The first-order chi connectivity index (χ1) is 12.7. The van der Waals surface area contributed by atoms with Gasteiger partial charge < -0.3 is 5.32 Å². The molecule has 0 fully saturated rings. The molecule has 1 N–H and O–H groups in total. The number of nitrogens with one attached hydrogen (secondary N) is 1. The number of benzene rings is 2. The predicted molar refractivity (Wildman–Crippen MR) is 98.1 cm³/mol. The van der Waals surface area contributed by atoms with Crippen LogP contribution in [0, 0.1) is 18.6 Å². The van der Waals surface area contributed by atoms with E-state index >= 15 is 0 Å². The van der Waals surface area contributed by atoms with Crippen molar-refractivity contribution in [1.82, 2.24) is 9.97 Å². The molecule has 0 radical (unpaired) electrons. The molecule has 0 saturated carbocycles. The van der Waals surface area contributed by atoms with Gasteiger partial charge in [-0.05, 0) is 48.4 Å². The highest BCUT2D eigenvalue weighted by molar-refractivity contribution is 7.90. The third-order valence-corrected chi connectivity index (χ3v) is 5.08. The molecule has 5 nitrogen and oxygen atoms in total. The lowest BCUT2D eigenvalue weighted by molar-refractivity contribution is 0.506. The molecule has 1 unspecified atom stereocenters. The minimum Gasteiger partial charge on any atom is -0.343 e. The van der Waals surface area contributed by atoms with Crippen LogP contribution in [-0.2, 0) is 9.84 Å². The van der Waals surface area contributed by atoms with E-state index in [-0.39, 0.29) is 10.8 Å². The molecule has 0 spiro atoms. The van der Waals surface area contributed by atoms with Gasteiger partial charge in [0.1, 0.15) is 0 Å². The summed E-state index contributed by atoms with van der Waals surface area (Å²) in [5, 5.41) is 3.07. The minimum absolute atomic E-state index is 0.125. The number of sulfone groups is 1. The van der Waals surface area contributed by atoms with Gasteiger partial charge in [-0.3, -0.25) is 0 Å². The molecular weight excluding hydrogens is 372 g/mol. The van der Waals surface area contributed by atoms with Crippen molar-refractivity contribution in [3.63, 3.8) is 0 Å². The lowest BCUT2D eigenvalue weighted by Crippen LogP contribution is -2.15. The molecule has 0 bridgehead atoms. The molecule has 1 aromatic heterocycles. The summed E-state index contributed by atoms with van der Waals surface area (Å²) in [5.41, 5.74) is 1.68. The van der Waals surface area contributed by atoms with E-state index in [2.05, 4.69) is 15.3 Å². The summed E-state index contributed by atoms with van der Waals surface area (Å²) in [6.07, 6.45) is 2.68. The molecule has 8 heteroatoms. The van der Waals surface area contributed by atoms with Gasteiger partial charge in [0, 0.05) is 18.1 Å². The number of hydrogen-bond acceptors (Lipinski definition) is 5. The summed E-state index contributed by atoms with van der Waals surface area (Å²) in [7, 11) is -3.43. The maximum Gasteiger partial charge on any atom is 0.223 e. The summed E-state index contributed by atoms with van der Waals surface area (Å²) >= 11 is 0. The van der Waals surface area contributed by atoms with Crippen molar-refractivity contribution in [3.8, 4) is 0 Å². The van der Waals surface area contributed by atoms with Crippen LogP contribution in [0.2, 0.25) is 0 Å². The van der Waals surface area contributed by atoms with Gasteiger partial charge in [-0.25, -0.2) is 27.2 Å². The highest BCUT2D eigenvalue weighted by Crippen LogP contribution is 2.28. The Hall–Kier alpha value is -2.87. The van der Waals surface area contributed by atoms with Crippen LogP contribution in [-0.4, -0.2) is 24.6 Å². The average Bonchev–Trinajstić information content (AvgIpc) is 2.62. The van der Waals surface area contributed by atoms with Gasteiger partial charge in [-0.15, -0.1) is 0 Å². The Morgan fingerprint density at radius 2 is 1.74 bits per heavy atom. The Balaban J connectivity index is 2.11. The third-order valence-electron chi connectivity index (χ3n) is 3.96. The predicted octanol–water partition coefficient (Wildman–Crippen LogP) is 3.67. The zero-order valence-corrected chi connectivity index (χ0v) is 15.5. The first kappa shape index (κ1) is 18.9. The first-order valence-electron chi connectivity index (χ1n) is 8.05. The quantitative estimate of drug-likeness (QED) is 0.721. The number of rotatable bonds is 5. The molecule has 0 aliphatic rings. The molecule has 0 saturated heterocycles. The zero-order chi connectivity index (χ0) is 19.6. The molecule has 0 aliphatic heterocycles. The largest absolute Gasteiger partial charge is 0.343 e. The van der Waals surface area contributed by atoms with Gasteiger partial charge in [-0.1, -0.05) is 18.2 Å². The van der Waals surface area contributed by atoms with E-state index in [1.54, 1.807) is 31.3 Å². The number of nitrogens with zero attached hydrogens (tertiary/aromatic N) is 2. The van der Waals surface area contributed by atoms with Gasteiger partial charge >= 0.3 is 0 Å². The zero-order valence-electron chi connectivity index (χ0n) is 14.6. The Labute approximate surface area is 156 Å². The van der Waals surface area contributed by atoms with E-state index in [0.717, 1.165) is 24.1 Å². The molecule has 1 heterocycles. The van der Waals surface area contributed by atoms with Crippen LogP contribution in [0.15, 0.2) is 59.6 Å². The van der Waals surface area contributed by atoms with Crippen molar-refractivity contribution < 1.29 is 17.2 Å². The number of halogens is 2. The van der Waals surface area contributed by atoms with Crippen molar-refractivity contribution in [3.05, 3.63) is 83.2 Å². The monoisotopic (exact) mass is 389 g/mol. The first-order valence-corrected chi connectivity index (χ1v) is 9.94. The number of hydrogen-bond donors (Lipinski definition) is 1. The Kier molecular flexibility index (Phi) is 5.18. The van der Waals surface area contributed by atoms with Crippen LogP contribution in [0.4, 0.5) is 14.7 Å². The SMILES string of the molecule is Cc1ccnc(NC(c2cccc(S(C)(=O)=O)c2)c2ccc(F)c(F)c2)n1. The van der Waals surface area contributed by atoms with E-state index < -0.39 is 27.5 Å². The van der Waals surface area contributed by atoms with Crippen molar-refractivity contribution in [2.24, 2.45) is 0 Å². The van der Waals surface area contributed by atoms with E-state index in [4.69, 9.17) is 0 Å². The molecule has 27 heavy (non-hydrogen) atoms. The molecule has 3 rings (SSSR count). The topological polar surface area (TPSA) is 72.0 Å². The van der Waals surface area contributed by atoms with E-state index in [1.165, 1.54) is 18.2 Å². The fourth-order valence-electron chi connectivity index (χ4n) is 2.62. The Bertz CT molecular complexity index is 1090. The maximum atomic E-state index is 13.8. The van der Waals surface area contributed by atoms with Crippen LogP contribution in [0.1, 0.15) is 22.9 Å². The van der Waals surface area contributed by atoms with E-state index in [1.807, 2.05) is 0 Å². The van der Waals surface area contributed by atoms with Crippen LogP contribution in [0.3, 0.4) is 0 Å². The highest BCUT2D eigenvalue weighted by atomic mass is 32.2. The average molecular weight is 389 g/mol. The van der Waals surface area contributed by atoms with Gasteiger partial charge in [0.25, 0.3) is 0 Å². The highest BCUT2D eigenvalue weighted by Gasteiger charge is 2.19. The molecular formula is C19H17F2N3O2S. The normalized spacial score (nSPS) is 12.6. The van der Waals surface area contributed by atoms with E-state index in [9.17, 15) is 17.2 Å². The third kappa shape index (κ3) is 4.46. The summed E-state index contributed by atoms with van der Waals surface area (Å²) < 4.78 is 50.9. The van der Waals surface area contributed by atoms with Crippen molar-refractivity contribution >= 4 is 15.8 Å². The molecule has 0 aliphatic carbocycles. The fourth-order valence-corrected chi connectivity index (χ4v) is 3.30. The number of aryl methyl sites for hydroxylation is 1. The van der Waals surface area contributed by atoms with E-state index in [0.29, 0.717) is 11.1 Å². The summed E-state index contributed by atoms with van der Waals surface area (Å²) in [6.45, 7) is 1.80.